The Morgan fingerprint density at radius 1 is 1.31 bits per heavy atom. The molecule has 0 saturated carbocycles. The molecule has 1 unspecified atom stereocenters. The Morgan fingerprint density at radius 2 is 2.00 bits per heavy atom. The Bertz CT molecular complexity index is 192. The van der Waals surface area contributed by atoms with Crippen LogP contribution in [0.2, 0.25) is 0 Å². The van der Waals surface area contributed by atoms with Crippen molar-refractivity contribution in [1.82, 2.24) is 0 Å². The Labute approximate surface area is 97.9 Å². The maximum absolute atomic E-state index is 13.3. The van der Waals surface area contributed by atoms with Gasteiger partial charge in [0.2, 0.25) is 0 Å². The molecule has 0 aromatic heterocycles. The number of unbranched alkanes of at least 4 members (excludes halogenated alkanes) is 3. The molecule has 0 amide bonds. The minimum atomic E-state index is -0.751. The van der Waals surface area contributed by atoms with Crippen molar-refractivity contribution in [3.8, 4) is 0 Å². The standard InChI is InChI=1S/C13H23FO2/c1-3-5-6-7-9-12(14)10-8-11-16-13(15)4-2/h4,12H,2-3,5-11H2,1H3. The molecule has 0 aliphatic carbocycles. The molecule has 0 saturated heterocycles. The topological polar surface area (TPSA) is 26.3 Å². The molecule has 94 valence electrons. The van der Waals surface area contributed by atoms with Crippen molar-refractivity contribution in [2.75, 3.05) is 6.61 Å². The average Bonchev–Trinajstić information content (AvgIpc) is 2.30. The normalized spacial score (nSPS) is 12.1. The van der Waals surface area contributed by atoms with Crippen LogP contribution in [0.25, 0.3) is 0 Å². The predicted molar refractivity (Wildman–Crippen MR) is 64.0 cm³/mol. The van der Waals surface area contributed by atoms with Crippen LogP contribution < -0.4 is 0 Å². The molecule has 0 aliphatic rings. The van der Waals surface area contributed by atoms with Gasteiger partial charge in [-0.05, 0) is 19.3 Å². The smallest absolute Gasteiger partial charge is 0.330 e. The summed E-state index contributed by atoms with van der Waals surface area (Å²) in [6, 6.07) is 0. The number of carbonyl (C=O) groups is 1. The number of hydrogen-bond donors (Lipinski definition) is 0. The summed E-state index contributed by atoms with van der Waals surface area (Å²) in [5, 5.41) is 0. The van der Waals surface area contributed by atoms with Gasteiger partial charge in [-0.25, -0.2) is 9.18 Å². The fourth-order valence-electron chi connectivity index (χ4n) is 1.47. The number of hydrogen-bond acceptors (Lipinski definition) is 2. The van der Waals surface area contributed by atoms with E-state index >= 15 is 0 Å². The number of halogens is 1. The molecule has 0 aromatic rings. The lowest BCUT2D eigenvalue weighted by atomic mass is 10.1. The SMILES string of the molecule is C=CC(=O)OCCCC(F)CCCCCC. The second-order valence-corrected chi connectivity index (χ2v) is 3.96. The van der Waals surface area contributed by atoms with Gasteiger partial charge >= 0.3 is 5.97 Å². The largest absolute Gasteiger partial charge is 0.463 e. The van der Waals surface area contributed by atoms with Gasteiger partial charge in [-0.2, -0.15) is 0 Å². The van der Waals surface area contributed by atoms with E-state index in [2.05, 4.69) is 13.5 Å². The van der Waals surface area contributed by atoms with Gasteiger partial charge in [0.15, 0.2) is 0 Å². The van der Waals surface area contributed by atoms with Crippen molar-refractivity contribution < 1.29 is 13.9 Å². The summed E-state index contributed by atoms with van der Waals surface area (Å²) in [6.07, 6.45) is 6.51. The summed E-state index contributed by atoms with van der Waals surface area (Å²) in [7, 11) is 0. The molecule has 0 bridgehead atoms. The van der Waals surface area contributed by atoms with Crippen molar-refractivity contribution in [3.05, 3.63) is 12.7 Å². The third-order valence-electron chi connectivity index (χ3n) is 2.44. The summed E-state index contributed by atoms with van der Waals surface area (Å²) < 4.78 is 18.0. The Balaban J connectivity index is 3.26. The minimum Gasteiger partial charge on any atom is -0.463 e. The van der Waals surface area contributed by atoms with Crippen molar-refractivity contribution in [2.45, 2.75) is 58.0 Å². The molecule has 2 nitrogen and oxygen atoms in total. The van der Waals surface area contributed by atoms with Gasteiger partial charge in [-0.15, -0.1) is 0 Å². The molecule has 0 heterocycles. The monoisotopic (exact) mass is 230 g/mol. The van der Waals surface area contributed by atoms with Gasteiger partial charge in [0.25, 0.3) is 0 Å². The first-order valence-corrected chi connectivity index (χ1v) is 6.14. The first kappa shape index (κ1) is 15.1. The van der Waals surface area contributed by atoms with Crippen LogP contribution in [0.1, 0.15) is 51.9 Å². The molecule has 1 atom stereocenters. The molecule has 3 heteroatoms. The third-order valence-corrected chi connectivity index (χ3v) is 2.44. The van der Waals surface area contributed by atoms with E-state index in [0.29, 0.717) is 25.9 Å². The van der Waals surface area contributed by atoms with Crippen LogP contribution in [0, 0.1) is 0 Å². The highest BCUT2D eigenvalue weighted by Crippen LogP contribution is 2.12. The average molecular weight is 230 g/mol. The van der Waals surface area contributed by atoms with E-state index in [1.807, 2.05) is 0 Å². The third kappa shape index (κ3) is 9.69. The molecular formula is C13H23FO2. The van der Waals surface area contributed by atoms with Gasteiger partial charge in [0.1, 0.15) is 6.17 Å². The van der Waals surface area contributed by atoms with Crippen molar-refractivity contribution in [3.63, 3.8) is 0 Å². The van der Waals surface area contributed by atoms with Crippen LogP contribution in [0.4, 0.5) is 4.39 Å². The van der Waals surface area contributed by atoms with Crippen LogP contribution in [-0.4, -0.2) is 18.7 Å². The number of rotatable bonds is 10. The van der Waals surface area contributed by atoms with E-state index in [1.165, 1.54) is 12.8 Å². The molecule has 16 heavy (non-hydrogen) atoms. The fraction of sp³-hybridized carbons (Fsp3) is 0.769. The molecule has 0 radical (unpaired) electrons. The second kappa shape index (κ2) is 10.7. The Hall–Kier alpha value is -0.860. The van der Waals surface area contributed by atoms with Gasteiger partial charge in [0.05, 0.1) is 6.61 Å². The molecule has 0 rings (SSSR count). The van der Waals surface area contributed by atoms with Crippen LogP contribution in [0.15, 0.2) is 12.7 Å². The van der Waals surface area contributed by atoms with Gasteiger partial charge < -0.3 is 4.74 Å². The molecular weight excluding hydrogens is 207 g/mol. The van der Waals surface area contributed by atoms with Crippen molar-refractivity contribution >= 4 is 5.97 Å². The molecule has 0 aromatic carbocycles. The van der Waals surface area contributed by atoms with Crippen LogP contribution in [0.3, 0.4) is 0 Å². The van der Waals surface area contributed by atoms with Crippen LogP contribution in [-0.2, 0) is 9.53 Å². The lowest BCUT2D eigenvalue weighted by molar-refractivity contribution is -0.137. The molecule has 0 aliphatic heterocycles. The zero-order valence-electron chi connectivity index (χ0n) is 10.2. The number of ether oxygens (including phenoxy) is 1. The summed E-state index contributed by atoms with van der Waals surface area (Å²) in [4.78, 5) is 10.7. The number of alkyl halides is 1. The molecule has 0 fully saturated rings. The second-order valence-electron chi connectivity index (χ2n) is 3.96. The highest BCUT2D eigenvalue weighted by atomic mass is 19.1. The zero-order valence-corrected chi connectivity index (χ0v) is 10.2. The van der Waals surface area contributed by atoms with Gasteiger partial charge in [0, 0.05) is 6.08 Å². The van der Waals surface area contributed by atoms with E-state index in [0.717, 1.165) is 18.9 Å². The maximum Gasteiger partial charge on any atom is 0.330 e. The highest BCUT2D eigenvalue weighted by Gasteiger charge is 2.06. The predicted octanol–water partition coefficient (Wildman–Crippen LogP) is 3.80. The lowest BCUT2D eigenvalue weighted by Crippen LogP contribution is -2.06. The van der Waals surface area contributed by atoms with Gasteiger partial charge in [-0.3, -0.25) is 0 Å². The zero-order chi connectivity index (χ0) is 12.2. The lowest BCUT2D eigenvalue weighted by Gasteiger charge is -2.07. The fourth-order valence-corrected chi connectivity index (χ4v) is 1.47. The number of carbonyl (C=O) groups excluding carboxylic acids is 1. The van der Waals surface area contributed by atoms with Crippen molar-refractivity contribution in [2.24, 2.45) is 0 Å². The summed E-state index contributed by atoms with van der Waals surface area (Å²) >= 11 is 0. The van der Waals surface area contributed by atoms with E-state index in [9.17, 15) is 9.18 Å². The Morgan fingerprint density at radius 3 is 2.62 bits per heavy atom. The molecule has 0 spiro atoms. The summed E-state index contributed by atoms with van der Waals surface area (Å²) in [5.74, 6) is -0.432. The Kier molecular flexibility index (Phi) is 10.1. The quantitative estimate of drug-likeness (QED) is 0.324. The van der Waals surface area contributed by atoms with Crippen LogP contribution >= 0.6 is 0 Å². The maximum atomic E-state index is 13.3. The number of esters is 1. The summed E-state index contributed by atoms with van der Waals surface area (Å²) in [6.45, 7) is 5.72. The van der Waals surface area contributed by atoms with Crippen molar-refractivity contribution in [1.29, 1.82) is 0 Å². The molecule has 0 N–H and O–H groups in total. The summed E-state index contributed by atoms with van der Waals surface area (Å²) in [5.41, 5.74) is 0. The minimum absolute atomic E-state index is 0.292. The first-order valence-electron chi connectivity index (χ1n) is 6.14. The van der Waals surface area contributed by atoms with Crippen LogP contribution in [0.5, 0.6) is 0 Å². The highest BCUT2D eigenvalue weighted by molar-refractivity contribution is 5.81. The van der Waals surface area contributed by atoms with Gasteiger partial charge in [-0.1, -0.05) is 39.2 Å². The van der Waals surface area contributed by atoms with E-state index in [-0.39, 0.29) is 0 Å². The first-order chi connectivity index (χ1) is 7.70. The van der Waals surface area contributed by atoms with E-state index < -0.39 is 12.1 Å². The van der Waals surface area contributed by atoms with E-state index in [1.54, 1.807) is 0 Å². The van der Waals surface area contributed by atoms with E-state index in [4.69, 9.17) is 4.74 Å².